The zero-order chi connectivity index (χ0) is 13.5. The summed E-state index contributed by atoms with van der Waals surface area (Å²) in [6.07, 6.45) is 1.10. The molecule has 0 saturated carbocycles. The van der Waals surface area contributed by atoms with Gasteiger partial charge in [0.2, 0.25) is 0 Å². The minimum Gasteiger partial charge on any atom is -0.383 e. The molecular formula is C14H23BrN2O. The number of methoxy groups -OCH3 is 1. The molecule has 102 valence electrons. The van der Waals surface area contributed by atoms with Crippen LogP contribution in [0.5, 0.6) is 0 Å². The van der Waals surface area contributed by atoms with Crippen LogP contribution in [0.3, 0.4) is 0 Å². The third kappa shape index (κ3) is 3.70. The number of ether oxygens (including phenoxy) is 1. The highest BCUT2D eigenvalue weighted by Crippen LogP contribution is 2.29. The van der Waals surface area contributed by atoms with Gasteiger partial charge in [-0.2, -0.15) is 0 Å². The predicted molar refractivity (Wildman–Crippen MR) is 81.0 cm³/mol. The summed E-state index contributed by atoms with van der Waals surface area (Å²) in [6.45, 7) is 6.58. The van der Waals surface area contributed by atoms with Crippen LogP contribution in [0.1, 0.15) is 25.8 Å². The van der Waals surface area contributed by atoms with Crippen molar-refractivity contribution in [3.8, 4) is 0 Å². The van der Waals surface area contributed by atoms with Gasteiger partial charge in [0.25, 0.3) is 0 Å². The first-order valence-electron chi connectivity index (χ1n) is 6.38. The summed E-state index contributed by atoms with van der Waals surface area (Å²) in [4.78, 5) is 2.37. The Morgan fingerprint density at radius 3 is 2.72 bits per heavy atom. The molecule has 0 spiro atoms. The lowest BCUT2D eigenvalue weighted by Gasteiger charge is -2.32. The second-order valence-corrected chi connectivity index (χ2v) is 5.24. The van der Waals surface area contributed by atoms with Crippen molar-refractivity contribution < 1.29 is 4.74 Å². The lowest BCUT2D eigenvalue weighted by molar-refractivity contribution is 0.203. The number of rotatable bonds is 7. The van der Waals surface area contributed by atoms with Crippen LogP contribution in [0.25, 0.3) is 0 Å². The molecule has 2 N–H and O–H groups in total. The van der Waals surface area contributed by atoms with E-state index in [-0.39, 0.29) is 0 Å². The van der Waals surface area contributed by atoms with Crippen molar-refractivity contribution in [3.05, 3.63) is 28.2 Å². The maximum atomic E-state index is 5.87. The summed E-state index contributed by atoms with van der Waals surface area (Å²) in [5, 5.41) is 0. The van der Waals surface area contributed by atoms with Gasteiger partial charge in [0.05, 0.1) is 6.61 Å². The Balaban J connectivity index is 3.07. The average Bonchev–Trinajstić information content (AvgIpc) is 2.39. The van der Waals surface area contributed by atoms with Gasteiger partial charge < -0.3 is 15.4 Å². The van der Waals surface area contributed by atoms with E-state index < -0.39 is 0 Å². The van der Waals surface area contributed by atoms with E-state index in [0.717, 1.165) is 29.6 Å². The summed E-state index contributed by atoms with van der Waals surface area (Å²) < 4.78 is 6.28. The van der Waals surface area contributed by atoms with Crippen LogP contribution in [0.15, 0.2) is 22.7 Å². The van der Waals surface area contributed by atoms with E-state index in [1.54, 1.807) is 7.11 Å². The molecule has 1 atom stereocenters. The fraction of sp³-hybridized carbons (Fsp3) is 0.571. The molecule has 0 fully saturated rings. The molecule has 0 radical (unpaired) electrons. The Hall–Kier alpha value is -0.580. The number of anilines is 1. The largest absolute Gasteiger partial charge is 0.383 e. The molecule has 0 heterocycles. The second kappa shape index (κ2) is 7.77. The average molecular weight is 315 g/mol. The quantitative estimate of drug-likeness (QED) is 0.840. The predicted octanol–water partition coefficient (Wildman–Crippen LogP) is 3.16. The highest BCUT2D eigenvalue weighted by atomic mass is 79.9. The molecular weight excluding hydrogens is 292 g/mol. The van der Waals surface area contributed by atoms with E-state index >= 15 is 0 Å². The van der Waals surface area contributed by atoms with Crippen molar-refractivity contribution in [2.24, 2.45) is 5.73 Å². The van der Waals surface area contributed by atoms with Gasteiger partial charge in [-0.15, -0.1) is 0 Å². The first-order chi connectivity index (χ1) is 8.65. The Morgan fingerprint density at radius 2 is 2.17 bits per heavy atom. The van der Waals surface area contributed by atoms with Gasteiger partial charge in [-0.3, -0.25) is 0 Å². The third-order valence-corrected chi connectivity index (χ3v) is 4.01. The number of nitrogens with two attached hydrogens (primary N) is 1. The highest BCUT2D eigenvalue weighted by molar-refractivity contribution is 9.10. The van der Waals surface area contributed by atoms with Crippen LogP contribution in [-0.2, 0) is 11.3 Å². The third-order valence-electron chi connectivity index (χ3n) is 3.27. The topological polar surface area (TPSA) is 38.5 Å². The number of hydrogen-bond donors (Lipinski definition) is 1. The molecule has 4 heteroatoms. The summed E-state index contributed by atoms with van der Waals surface area (Å²) in [7, 11) is 1.74. The molecule has 1 unspecified atom stereocenters. The van der Waals surface area contributed by atoms with Gasteiger partial charge in [-0.1, -0.05) is 28.9 Å². The van der Waals surface area contributed by atoms with Gasteiger partial charge >= 0.3 is 0 Å². The molecule has 0 aromatic heterocycles. The smallest absolute Gasteiger partial charge is 0.0637 e. The van der Waals surface area contributed by atoms with E-state index in [1.807, 2.05) is 6.07 Å². The molecule has 0 aliphatic rings. The van der Waals surface area contributed by atoms with E-state index in [0.29, 0.717) is 12.6 Å². The molecule has 18 heavy (non-hydrogen) atoms. The van der Waals surface area contributed by atoms with Gasteiger partial charge in [-0.05, 0) is 25.5 Å². The molecule has 1 aromatic rings. The molecule has 0 aliphatic carbocycles. The molecule has 0 bridgehead atoms. The van der Waals surface area contributed by atoms with Crippen LogP contribution in [-0.4, -0.2) is 26.3 Å². The van der Waals surface area contributed by atoms with E-state index in [1.165, 1.54) is 5.69 Å². The normalized spacial score (nSPS) is 12.5. The van der Waals surface area contributed by atoms with Crippen LogP contribution < -0.4 is 10.6 Å². The highest BCUT2D eigenvalue weighted by Gasteiger charge is 2.16. The van der Waals surface area contributed by atoms with Crippen molar-refractivity contribution in [1.29, 1.82) is 0 Å². The van der Waals surface area contributed by atoms with E-state index in [2.05, 4.69) is 46.8 Å². The molecule has 0 amide bonds. The lowest BCUT2D eigenvalue weighted by Crippen LogP contribution is -2.36. The molecule has 1 rings (SSSR count). The van der Waals surface area contributed by atoms with Crippen molar-refractivity contribution in [2.45, 2.75) is 32.9 Å². The minimum absolute atomic E-state index is 0.472. The second-order valence-electron chi connectivity index (χ2n) is 4.39. The zero-order valence-corrected chi connectivity index (χ0v) is 13.0. The van der Waals surface area contributed by atoms with Gasteiger partial charge in [0.1, 0.15) is 0 Å². The van der Waals surface area contributed by atoms with Crippen LogP contribution in [0.2, 0.25) is 0 Å². The molecule has 1 aromatic carbocycles. The van der Waals surface area contributed by atoms with Crippen molar-refractivity contribution in [1.82, 2.24) is 0 Å². The maximum Gasteiger partial charge on any atom is 0.0637 e. The van der Waals surface area contributed by atoms with Crippen LogP contribution in [0, 0.1) is 0 Å². The Labute approximate surface area is 118 Å². The van der Waals surface area contributed by atoms with Crippen LogP contribution >= 0.6 is 15.9 Å². The monoisotopic (exact) mass is 314 g/mol. The molecule has 3 nitrogen and oxygen atoms in total. The zero-order valence-electron chi connectivity index (χ0n) is 11.4. The fourth-order valence-corrected chi connectivity index (χ4v) is 2.52. The Bertz CT molecular complexity index is 371. The van der Waals surface area contributed by atoms with E-state index in [9.17, 15) is 0 Å². The number of benzene rings is 1. The summed E-state index contributed by atoms with van der Waals surface area (Å²) in [5.74, 6) is 0. The standard InChI is InChI=1S/C14H23BrN2O/c1-4-11(2)17(8-9-18-3)14-7-5-6-13(15)12(14)10-16/h5-7,11H,4,8-10,16H2,1-3H3. The first-order valence-corrected chi connectivity index (χ1v) is 7.18. The molecule has 0 saturated heterocycles. The van der Waals surface area contributed by atoms with Crippen molar-refractivity contribution >= 4 is 21.6 Å². The van der Waals surface area contributed by atoms with E-state index in [4.69, 9.17) is 10.5 Å². The van der Waals surface area contributed by atoms with Crippen molar-refractivity contribution in [2.75, 3.05) is 25.2 Å². The molecule has 0 aliphatic heterocycles. The number of nitrogens with zero attached hydrogens (tertiary/aromatic N) is 1. The summed E-state index contributed by atoms with van der Waals surface area (Å²) >= 11 is 3.58. The van der Waals surface area contributed by atoms with Crippen LogP contribution in [0.4, 0.5) is 5.69 Å². The summed E-state index contributed by atoms with van der Waals surface area (Å²) in [5.41, 5.74) is 8.24. The summed E-state index contributed by atoms with van der Waals surface area (Å²) in [6, 6.07) is 6.70. The van der Waals surface area contributed by atoms with Gasteiger partial charge in [0.15, 0.2) is 0 Å². The Morgan fingerprint density at radius 1 is 1.44 bits per heavy atom. The minimum atomic E-state index is 0.472. The van der Waals surface area contributed by atoms with Crippen molar-refractivity contribution in [3.63, 3.8) is 0 Å². The SMILES string of the molecule is CCC(C)N(CCOC)c1cccc(Br)c1CN. The Kier molecular flexibility index (Phi) is 6.68. The number of hydrogen-bond acceptors (Lipinski definition) is 3. The lowest BCUT2D eigenvalue weighted by atomic mass is 10.1. The first kappa shape index (κ1) is 15.5. The van der Waals surface area contributed by atoms with Gasteiger partial charge in [0, 0.05) is 42.0 Å². The maximum absolute atomic E-state index is 5.87. The number of halogens is 1. The fourth-order valence-electron chi connectivity index (χ4n) is 2.01. The van der Waals surface area contributed by atoms with Gasteiger partial charge in [-0.25, -0.2) is 0 Å².